The van der Waals surface area contributed by atoms with Crippen molar-refractivity contribution in [1.82, 2.24) is 9.80 Å². The molecule has 0 aromatic heterocycles. The van der Waals surface area contributed by atoms with E-state index in [0.29, 0.717) is 0 Å². The summed E-state index contributed by atoms with van der Waals surface area (Å²) in [5.74, 6) is 0. The van der Waals surface area contributed by atoms with Crippen LogP contribution in [0, 0.1) is 0 Å². The summed E-state index contributed by atoms with van der Waals surface area (Å²) in [4.78, 5) is 5.02. The minimum Gasteiger partial charge on any atom is -0.289 e. The lowest BCUT2D eigenvalue weighted by Gasteiger charge is -2.39. The second-order valence-electron chi connectivity index (χ2n) is 3.14. The monoisotopic (exact) mass is 126 g/mol. The van der Waals surface area contributed by atoms with E-state index in [1.54, 1.807) is 0 Å². The first-order chi connectivity index (χ1) is 4.33. The van der Waals surface area contributed by atoms with Gasteiger partial charge in [0, 0.05) is 12.6 Å². The van der Waals surface area contributed by atoms with Gasteiger partial charge in [0.05, 0.1) is 6.17 Å². The van der Waals surface area contributed by atoms with Gasteiger partial charge in [-0.3, -0.25) is 9.80 Å². The molecule has 52 valence electrons. The predicted octanol–water partition coefficient (Wildman–Crippen LogP) is 0.352. The Balaban J connectivity index is 2.04. The highest BCUT2D eigenvalue weighted by Crippen LogP contribution is 2.34. The second-order valence-corrected chi connectivity index (χ2v) is 3.14. The molecule has 0 saturated carbocycles. The second kappa shape index (κ2) is 1.70. The number of likely N-dealkylation sites (N-methyl/N-ethyl adjacent to an activating group) is 2. The third kappa shape index (κ3) is 0.578. The molecule has 3 fully saturated rings. The summed E-state index contributed by atoms with van der Waals surface area (Å²) in [6.07, 6.45) is 2.23. The van der Waals surface area contributed by atoms with Crippen LogP contribution in [0.4, 0.5) is 0 Å². The van der Waals surface area contributed by atoms with Crippen LogP contribution in [0.15, 0.2) is 0 Å². The Kier molecular flexibility index (Phi) is 1.08. The molecule has 3 heterocycles. The van der Waals surface area contributed by atoms with Crippen LogP contribution in [0.2, 0.25) is 0 Å². The van der Waals surface area contributed by atoms with Crippen molar-refractivity contribution >= 4 is 0 Å². The van der Waals surface area contributed by atoms with Crippen LogP contribution < -0.4 is 0 Å². The number of nitrogens with zero attached hydrogens (tertiary/aromatic N) is 2. The van der Waals surface area contributed by atoms with Crippen molar-refractivity contribution in [3.05, 3.63) is 0 Å². The Labute approximate surface area is 56.4 Å². The summed E-state index contributed by atoms with van der Waals surface area (Å²) in [5, 5.41) is 0. The van der Waals surface area contributed by atoms with Crippen LogP contribution in [-0.2, 0) is 0 Å². The van der Waals surface area contributed by atoms with Crippen LogP contribution in [0.5, 0.6) is 0 Å². The van der Waals surface area contributed by atoms with Crippen LogP contribution in [-0.4, -0.2) is 42.1 Å². The number of fused-ring (bicyclic) bond motifs is 1. The van der Waals surface area contributed by atoms with Gasteiger partial charge in [-0.25, -0.2) is 0 Å². The molecule has 3 aliphatic heterocycles. The maximum atomic E-state index is 2.57. The Morgan fingerprint density at radius 3 is 2.56 bits per heavy atom. The molecule has 0 amide bonds. The van der Waals surface area contributed by atoms with E-state index in [1.165, 1.54) is 19.5 Å². The third-order valence-corrected chi connectivity index (χ3v) is 2.71. The largest absolute Gasteiger partial charge is 0.289 e. The maximum absolute atomic E-state index is 2.57. The molecule has 0 radical (unpaired) electrons. The molecule has 2 unspecified atom stereocenters. The minimum atomic E-state index is 0.806. The predicted molar refractivity (Wildman–Crippen MR) is 37.2 cm³/mol. The Bertz CT molecular complexity index is 124. The molecule has 0 aromatic carbocycles. The van der Waals surface area contributed by atoms with Crippen molar-refractivity contribution in [2.45, 2.75) is 25.6 Å². The smallest absolute Gasteiger partial charge is 0.0638 e. The van der Waals surface area contributed by atoms with E-state index in [9.17, 15) is 0 Å². The lowest BCUT2D eigenvalue weighted by Crippen LogP contribution is -2.50. The highest BCUT2D eigenvalue weighted by Gasteiger charge is 2.46. The molecule has 2 atom stereocenters. The van der Waals surface area contributed by atoms with E-state index < -0.39 is 0 Å². The first-order valence-corrected chi connectivity index (χ1v) is 3.79. The highest BCUT2D eigenvalue weighted by atomic mass is 15.5. The van der Waals surface area contributed by atoms with E-state index in [-0.39, 0.29) is 0 Å². The lowest BCUT2D eigenvalue weighted by molar-refractivity contribution is 0.0452. The Morgan fingerprint density at radius 1 is 1.56 bits per heavy atom. The first-order valence-electron chi connectivity index (χ1n) is 3.79. The molecule has 0 aliphatic carbocycles. The molecule has 0 spiro atoms. The molecule has 9 heavy (non-hydrogen) atoms. The van der Waals surface area contributed by atoms with Gasteiger partial charge in [0.2, 0.25) is 0 Å². The van der Waals surface area contributed by atoms with Crippen molar-refractivity contribution in [2.75, 3.05) is 20.1 Å². The zero-order valence-electron chi connectivity index (χ0n) is 6.17. The fourth-order valence-electron chi connectivity index (χ4n) is 2.16. The number of hydrogen-bond acceptors (Lipinski definition) is 2. The zero-order chi connectivity index (χ0) is 6.43. The topological polar surface area (TPSA) is 6.48 Å². The summed E-state index contributed by atoms with van der Waals surface area (Å²) in [6, 6.07) is 0.907. The third-order valence-electron chi connectivity index (χ3n) is 2.71. The van der Waals surface area contributed by atoms with Crippen molar-refractivity contribution < 1.29 is 0 Å². The minimum absolute atomic E-state index is 0.806. The van der Waals surface area contributed by atoms with Gasteiger partial charge in [0.1, 0.15) is 0 Å². The molecule has 3 saturated heterocycles. The molecule has 2 heteroatoms. The van der Waals surface area contributed by atoms with Gasteiger partial charge in [0.25, 0.3) is 0 Å². The van der Waals surface area contributed by atoms with Crippen LogP contribution >= 0.6 is 0 Å². The van der Waals surface area contributed by atoms with Crippen molar-refractivity contribution in [2.24, 2.45) is 0 Å². The van der Waals surface area contributed by atoms with E-state index in [1.807, 2.05) is 0 Å². The standard InChI is InChI=1S/C7H14N2/c1-3-9-6-4-7(9)8(2)5-6/h6-7H,3-5H2,1-2H3. The molecule has 0 N–H and O–H groups in total. The molecule has 3 aliphatic rings. The highest BCUT2D eigenvalue weighted by molar-refractivity contribution is 4.99. The van der Waals surface area contributed by atoms with Gasteiger partial charge >= 0.3 is 0 Å². The van der Waals surface area contributed by atoms with Gasteiger partial charge in [-0.05, 0) is 20.0 Å². The summed E-state index contributed by atoms with van der Waals surface area (Å²) in [7, 11) is 2.22. The molecule has 3 rings (SSSR count). The summed E-state index contributed by atoms with van der Waals surface area (Å²) in [5.41, 5.74) is 0. The average molecular weight is 126 g/mol. The van der Waals surface area contributed by atoms with Gasteiger partial charge in [-0.1, -0.05) is 6.92 Å². The maximum Gasteiger partial charge on any atom is 0.0638 e. The summed E-state index contributed by atoms with van der Waals surface area (Å²) >= 11 is 0. The first kappa shape index (κ1) is 5.69. The summed E-state index contributed by atoms with van der Waals surface area (Å²) < 4.78 is 0. The van der Waals surface area contributed by atoms with Crippen molar-refractivity contribution in [1.29, 1.82) is 0 Å². The normalized spacial score (nSPS) is 43.3. The summed E-state index contributed by atoms with van der Waals surface area (Å²) in [6.45, 7) is 4.79. The number of hydrogen-bond donors (Lipinski definition) is 0. The van der Waals surface area contributed by atoms with Gasteiger partial charge in [-0.15, -0.1) is 0 Å². The molecule has 0 aromatic rings. The fourth-order valence-corrected chi connectivity index (χ4v) is 2.16. The molecule has 2 nitrogen and oxygen atoms in total. The van der Waals surface area contributed by atoms with Gasteiger partial charge in [-0.2, -0.15) is 0 Å². The van der Waals surface area contributed by atoms with E-state index >= 15 is 0 Å². The fraction of sp³-hybridized carbons (Fsp3) is 1.00. The molecular weight excluding hydrogens is 112 g/mol. The number of rotatable bonds is 1. The van der Waals surface area contributed by atoms with Crippen LogP contribution in [0.25, 0.3) is 0 Å². The Hall–Kier alpha value is -0.0800. The van der Waals surface area contributed by atoms with Crippen molar-refractivity contribution in [3.8, 4) is 0 Å². The quantitative estimate of drug-likeness (QED) is 0.500. The van der Waals surface area contributed by atoms with Crippen LogP contribution in [0.1, 0.15) is 13.3 Å². The van der Waals surface area contributed by atoms with E-state index in [4.69, 9.17) is 0 Å². The average Bonchev–Trinajstić information content (AvgIpc) is 2.22. The Morgan fingerprint density at radius 2 is 2.33 bits per heavy atom. The van der Waals surface area contributed by atoms with E-state index in [2.05, 4.69) is 23.8 Å². The molecule has 2 bridgehead atoms. The van der Waals surface area contributed by atoms with E-state index in [0.717, 1.165) is 12.2 Å². The molecular formula is C7H14N2. The van der Waals surface area contributed by atoms with Gasteiger partial charge in [0.15, 0.2) is 0 Å². The lowest BCUT2D eigenvalue weighted by atomic mass is 10.1. The van der Waals surface area contributed by atoms with Gasteiger partial charge < -0.3 is 0 Å². The van der Waals surface area contributed by atoms with Crippen LogP contribution in [0.3, 0.4) is 0 Å². The SMILES string of the molecule is CCN1C2CC1N(C)C2. The van der Waals surface area contributed by atoms with Crippen molar-refractivity contribution in [3.63, 3.8) is 0 Å². The zero-order valence-corrected chi connectivity index (χ0v) is 6.17.